The molecule has 0 radical (unpaired) electrons. The van der Waals surface area contributed by atoms with Gasteiger partial charge in [-0.15, -0.1) is 11.3 Å². The van der Waals surface area contributed by atoms with Gasteiger partial charge in [-0.25, -0.2) is 4.98 Å². The number of aromatic nitrogens is 1. The number of carbonyl (C=O) groups is 1. The van der Waals surface area contributed by atoms with E-state index >= 15 is 0 Å². The summed E-state index contributed by atoms with van der Waals surface area (Å²) in [5.74, 6) is 0.559. The van der Waals surface area contributed by atoms with Crippen molar-refractivity contribution >= 4 is 40.5 Å². The lowest BCUT2D eigenvalue weighted by Crippen LogP contribution is -2.38. The molecule has 0 unspecified atom stereocenters. The van der Waals surface area contributed by atoms with Crippen molar-refractivity contribution in [3.63, 3.8) is 0 Å². The van der Waals surface area contributed by atoms with E-state index in [9.17, 15) is 4.79 Å². The Morgan fingerprint density at radius 3 is 2.80 bits per heavy atom. The van der Waals surface area contributed by atoms with Gasteiger partial charge < -0.3 is 16.0 Å². The van der Waals surface area contributed by atoms with Crippen molar-refractivity contribution in [1.82, 2.24) is 15.6 Å². The molecule has 1 amide bonds. The molecule has 0 fully saturated rings. The standard InChI is InChI=1S/C17H22ClN5OS/c1-11-9-21-16(25-11)10-22-17(19-3)20-8-7-15(24)23-14-6-4-5-13(18)12(14)2/h4-6,9H,7-8,10H2,1-3H3,(H,23,24)(H2,19,20,22). The third-order valence-electron chi connectivity index (χ3n) is 3.49. The first-order chi connectivity index (χ1) is 12.0. The molecule has 1 heterocycles. The maximum atomic E-state index is 12.1. The first-order valence-corrected chi connectivity index (χ1v) is 9.10. The third-order valence-corrected chi connectivity index (χ3v) is 4.81. The largest absolute Gasteiger partial charge is 0.356 e. The molecule has 0 bridgehead atoms. The molecular weight excluding hydrogens is 358 g/mol. The van der Waals surface area contributed by atoms with Crippen molar-refractivity contribution in [2.75, 3.05) is 18.9 Å². The van der Waals surface area contributed by atoms with Crippen molar-refractivity contribution in [3.8, 4) is 0 Å². The highest BCUT2D eigenvalue weighted by Gasteiger charge is 2.07. The molecule has 3 N–H and O–H groups in total. The summed E-state index contributed by atoms with van der Waals surface area (Å²) in [4.78, 5) is 21.7. The maximum absolute atomic E-state index is 12.1. The number of amides is 1. The molecule has 0 aliphatic carbocycles. The number of hydrogen-bond acceptors (Lipinski definition) is 4. The van der Waals surface area contributed by atoms with Gasteiger partial charge in [0.1, 0.15) is 5.01 Å². The summed E-state index contributed by atoms with van der Waals surface area (Å²) in [5.41, 5.74) is 1.60. The van der Waals surface area contributed by atoms with Crippen LogP contribution in [0.15, 0.2) is 29.4 Å². The van der Waals surface area contributed by atoms with E-state index in [4.69, 9.17) is 11.6 Å². The van der Waals surface area contributed by atoms with Crippen molar-refractivity contribution < 1.29 is 4.79 Å². The normalized spacial score (nSPS) is 11.3. The van der Waals surface area contributed by atoms with Crippen LogP contribution in [-0.4, -0.2) is 30.4 Å². The maximum Gasteiger partial charge on any atom is 0.226 e. The number of rotatable bonds is 6. The lowest BCUT2D eigenvalue weighted by atomic mass is 10.2. The summed E-state index contributed by atoms with van der Waals surface area (Å²) in [6, 6.07) is 5.45. The van der Waals surface area contributed by atoms with Gasteiger partial charge in [-0.1, -0.05) is 17.7 Å². The van der Waals surface area contributed by atoms with Gasteiger partial charge in [-0.05, 0) is 31.5 Å². The molecule has 0 saturated carbocycles. The number of benzene rings is 1. The number of hydrogen-bond donors (Lipinski definition) is 3. The smallest absolute Gasteiger partial charge is 0.226 e. The number of guanidine groups is 1. The molecule has 0 aliphatic heterocycles. The van der Waals surface area contributed by atoms with Crippen LogP contribution in [0, 0.1) is 13.8 Å². The minimum absolute atomic E-state index is 0.0798. The number of nitrogens with zero attached hydrogens (tertiary/aromatic N) is 2. The quantitative estimate of drug-likeness (QED) is 0.532. The predicted molar refractivity (Wildman–Crippen MR) is 104 cm³/mol. The van der Waals surface area contributed by atoms with E-state index in [0.29, 0.717) is 30.5 Å². The third kappa shape index (κ3) is 6.03. The van der Waals surface area contributed by atoms with Crippen LogP contribution in [0.3, 0.4) is 0 Å². The minimum atomic E-state index is -0.0798. The number of aryl methyl sites for hydroxylation is 1. The summed E-state index contributed by atoms with van der Waals surface area (Å²) in [5, 5.41) is 10.8. The molecule has 1 aromatic heterocycles. The van der Waals surface area contributed by atoms with Crippen LogP contribution in [0.2, 0.25) is 5.02 Å². The Kier molecular flexibility index (Phi) is 7.21. The number of anilines is 1. The molecule has 134 valence electrons. The van der Waals surface area contributed by atoms with Gasteiger partial charge in [0.25, 0.3) is 0 Å². The van der Waals surface area contributed by atoms with E-state index in [2.05, 4.69) is 25.9 Å². The Morgan fingerprint density at radius 1 is 1.32 bits per heavy atom. The molecule has 2 aromatic rings. The number of halogens is 1. The van der Waals surface area contributed by atoms with Crippen molar-refractivity contribution in [2.45, 2.75) is 26.8 Å². The van der Waals surface area contributed by atoms with Gasteiger partial charge in [0.15, 0.2) is 5.96 Å². The summed E-state index contributed by atoms with van der Waals surface area (Å²) in [7, 11) is 1.69. The van der Waals surface area contributed by atoms with Gasteiger partial charge >= 0.3 is 0 Å². The summed E-state index contributed by atoms with van der Waals surface area (Å²) < 4.78 is 0. The first kappa shape index (κ1) is 19.2. The minimum Gasteiger partial charge on any atom is -0.356 e. The fourth-order valence-corrected chi connectivity index (χ4v) is 3.01. The van der Waals surface area contributed by atoms with Crippen LogP contribution in [0.5, 0.6) is 0 Å². The zero-order chi connectivity index (χ0) is 18.2. The van der Waals surface area contributed by atoms with Crippen LogP contribution in [0.1, 0.15) is 21.9 Å². The Bertz CT molecular complexity index is 759. The van der Waals surface area contributed by atoms with Crippen LogP contribution in [-0.2, 0) is 11.3 Å². The highest BCUT2D eigenvalue weighted by atomic mass is 35.5. The van der Waals surface area contributed by atoms with E-state index in [1.54, 1.807) is 24.5 Å². The van der Waals surface area contributed by atoms with Crippen LogP contribution >= 0.6 is 22.9 Å². The molecule has 0 saturated heterocycles. The molecule has 2 rings (SSSR count). The van der Waals surface area contributed by atoms with Crippen LogP contribution < -0.4 is 16.0 Å². The van der Waals surface area contributed by atoms with Gasteiger partial charge in [0.05, 0.1) is 6.54 Å². The van der Waals surface area contributed by atoms with E-state index in [1.807, 2.05) is 32.2 Å². The Labute approximate surface area is 156 Å². The van der Waals surface area contributed by atoms with Crippen LogP contribution in [0.4, 0.5) is 5.69 Å². The van der Waals surface area contributed by atoms with Crippen molar-refractivity contribution in [3.05, 3.63) is 44.9 Å². The van der Waals surface area contributed by atoms with Gasteiger partial charge in [-0.2, -0.15) is 0 Å². The van der Waals surface area contributed by atoms with Crippen molar-refractivity contribution in [1.29, 1.82) is 0 Å². The van der Waals surface area contributed by atoms with Crippen molar-refractivity contribution in [2.24, 2.45) is 4.99 Å². The summed E-state index contributed by atoms with van der Waals surface area (Å²) in [6.07, 6.45) is 2.17. The van der Waals surface area contributed by atoms with E-state index in [-0.39, 0.29) is 5.91 Å². The Morgan fingerprint density at radius 2 is 2.12 bits per heavy atom. The zero-order valence-electron chi connectivity index (χ0n) is 14.5. The second-order valence-corrected chi connectivity index (χ2v) is 7.15. The topological polar surface area (TPSA) is 78.4 Å². The van der Waals surface area contributed by atoms with E-state index in [1.165, 1.54) is 4.88 Å². The Hall–Kier alpha value is -2.12. The highest BCUT2D eigenvalue weighted by Crippen LogP contribution is 2.22. The molecule has 1 aromatic carbocycles. The van der Waals surface area contributed by atoms with Gasteiger partial charge in [0.2, 0.25) is 5.91 Å². The predicted octanol–water partition coefficient (Wildman–Crippen LogP) is 3.11. The average molecular weight is 380 g/mol. The molecule has 8 heteroatoms. The number of nitrogens with one attached hydrogen (secondary N) is 3. The SMILES string of the molecule is CN=C(NCCC(=O)Nc1cccc(Cl)c1C)NCc1ncc(C)s1. The first-order valence-electron chi connectivity index (χ1n) is 7.90. The average Bonchev–Trinajstić information content (AvgIpc) is 3.00. The van der Waals surface area contributed by atoms with Crippen LogP contribution in [0.25, 0.3) is 0 Å². The molecule has 25 heavy (non-hydrogen) atoms. The highest BCUT2D eigenvalue weighted by molar-refractivity contribution is 7.11. The lowest BCUT2D eigenvalue weighted by molar-refractivity contribution is -0.116. The number of thiazole rings is 1. The van der Waals surface area contributed by atoms with E-state index < -0.39 is 0 Å². The second kappa shape index (κ2) is 9.39. The molecule has 0 aliphatic rings. The fraction of sp³-hybridized carbons (Fsp3) is 0.353. The lowest BCUT2D eigenvalue weighted by Gasteiger charge is -2.12. The molecule has 0 spiro atoms. The molecule has 0 atom stereocenters. The number of carbonyl (C=O) groups excluding carboxylic acids is 1. The second-order valence-electron chi connectivity index (χ2n) is 5.43. The summed E-state index contributed by atoms with van der Waals surface area (Å²) >= 11 is 7.70. The van der Waals surface area contributed by atoms with Gasteiger partial charge in [-0.3, -0.25) is 9.79 Å². The van der Waals surface area contributed by atoms with Gasteiger partial charge in [0, 0.05) is 41.8 Å². The number of aliphatic imine (C=N–C) groups is 1. The summed E-state index contributed by atoms with van der Waals surface area (Å²) in [6.45, 7) is 4.98. The molecule has 6 nitrogen and oxygen atoms in total. The molecular formula is C17H22ClN5OS. The Balaban J connectivity index is 1.74. The fourth-order valence-electron chi connectivity index (χ4n) is 2.11. The zero-order valence-corrected chi connectivity index (χ0v) is 16.1. The van der Waals surface area contributed by atoms with E-state index in [0.717, 1.165) is 16.3 Å². The monoisotopic (exact) mass is 379 g/mol.